The van der Waals surface area contributed by atoms with Crippen LogP contribution in [0.2, 0.25) is 5.02 Å². The molecule has 2 rings (SSSR count). The van der Waals surface area contributed by atoms with Gasteiger partial charge in [0.25, 0.3) is 6.43 Å². The zero-order chi connectivity index (χ0) is 14.0. The molecule has 6 nitrogen and oxygen atoms in total. The SMILES string of the molecule is O=C(O)c1nnn(Cc2ccncc2Cl)c1C(F)F. The molecule has 19 heavy (non-hydrogen) atoms. The van der Waals surface area contributed by atoms with Gasteiger partial charge >= 0.3 is 5.97 Å². The average Bonchev–Trinajstić information content (AvgIpc) is 2.76. The van der Waals surface area contributed by atoms with Crippen LogP contribution in [0, 0.1) is 0 Å². The van der Waals surface area contributed by atoms with Crippen LogP contribution in [-0.2, 0) is 6.54 Å². The number of nitrogens with zero attached hydrogens (tertiary/aromatic N) is 4. The zero-order valence-electron chi connectivity index (χ0n) is 9.29. The number of hydrogen-bond donors (Lipinski definition) is 1. The third-order valence-corrected chi connectivity index (χ3v) is 2.70. The maximum absolute atomic E-state index is 12.9. The van der Waals surface area contributed by atoms with E-state index in [-0.39, 0.29) is 11.6 Å². The standard InChI is InChI=1S/C10H7ClF2N4O2/c11-6-3-14-2-1-5(6)4-17-8(9(12)13)7(10(18)19)15-16-17/h1-3,9H,4H2,(H,18,19). The van der Waals surface area contributed by atoms with Gasteiger partial charge in [0.05, 0.1) is 11.6 Å². The Morgan fingerprint density at radius 1 is 1.53 bits per heavy atom. The maximum Gasteiger partial charge on any atom is 0.358 e. The highest BCUT2D eigenvalue weighted by Gasteiger charge is 2.26. The fraction of sp³-hybridized carbons (Fsp3) is 0.200. The van der Waals surface area contributed by atoms with E-state index in [2.05, 4.69) is 15.3 Å². The van der Waals surface area contributed by atoms with Crippen molar-refractivity contribution in [3.63, 3.8) is 0 Å². The summed E-state index contributed by atoms with van der Waals surface area (Å²) in [7, 11) is 0. The average molecular weight is 289 g/mol. The minimum Gasteiger partial charge on any atom is -0.476 e. The van der Waals surface area contributed by atoms with E-state index in [0.717, 1.165) is 4.68 Å². The van der Waals surface area contributed by atoms with Crippen LogP contribution >= 0.6 is 11.6 Å². The number of alkyl halides is 2. The van der Waals surface area contributed by atoms with E-state index in [0.29, 0.717) is 5.56 Å². The predicted octanol–water partition coefficient (Wildman–Crippen LogP) is 2.01. The molecule has 0 aromatic carbocycles. The van der Waals surface area contributed by atoms with Crippen molar-refractivity contribution < 1.29 is 18.7 Å². The lowest BCUT2D eigenvalue weighted by molar-refractivity contribution is 0.0675. The van der Waals surface area contributed by atoms with E-state index in [4.69, 9.17) is 16.7 Å². The summed E-state index contributed by atoms with van der Waals surface area (Å²) >= 11 is 5.85. The lowest BCUT2D eigenvalue weighted by Gasteiger charge is -2.07. The van der Waals surface area contributed by atoms with Crippen molar-refractivity contribution in [3.8, 4) is 0 Å². The van der Waals surface area contributed by atoms with E-state index in [1.807, 2.05) is 0 Å². The number of hydrogen-bond acceptors (Lipinski definition) is 4. The van der Waals surface area contributed by atoms with Gasteiger partial charge in [0, 0.05) is 12.4 Å². The maximum atomic E-state index is 12.9. The Labute approximate surface area is 110 Å². The van der Waals surface area contributed by atoms with Crippen LogP contribution in [0.4, 0.5) is 8.78 Å². The Morgan fingerprint density at radius 3 is 2.84 bits per heavy atom. The smallest absolute Gasteiger partial charge is 0.358 e. The van der Waals surface area contributed by atoms with Crippen molar-refractivity contribution in [1.82, 2.24) is 20.0 Å². The summed E-state index contributed by atoms with van der Waals surface area (Å²) in [4.78, 5) is 14.5. The lowest BCUT2D eigenvalue weighted by atomic mass is 10.2. The molecular formula is C10H7ClF2N4O2. The van der Waals surface area contributed by atoms with E-state index >= 15 is 0 Å². The van der Waals surface area contributed by atoms with E-state index in [1.165, 1.54) is 18.5 Å². The molecule has 2 aromatic rings. The molecule has 0 aliphatic carbocycles. The highest BCUT2D eigenvalue weighted by molar-refractivity contribution is 6.31. The summed E-state index contributed by atoms with van der Waals surface area (Å²) in [5, 5.41) is 15.7. The number of carboxylic acid groups (broad SMARTS) is 1. The summed E-state index contributed by atoms with van der Waals surface area (Å²) in [5.41, 5.74) is -1.03. The normalized spacial score (nSPS) is 10.9. The minimum atomic E-state index is -3.00. The van der Waals surface area contributed by atoms with Gasteiger partial charge in [-0.1, -0.05) is 16.8 Å². The highest BCUT2D eigenvalue weighted by atomic mass is 35.5. The lowest BCUT2D eigenvalue weighted by Crippen LogP contribution is -2.10. The molecule has 9 heteroatoms. The number of aromatic carboxylic acids is 1. The van der Waals surface area contributed by atoms with Crippen LogP contribution in [0.25, 0.3) is 0 Å². The van der Waals surface area contributed by atoms with Crippen LogP contribution in [0.5, 0.6) is 0 Å². The molecule has 0 saturated carbocycles. The molecule has 0 fully saturated rings. The van der Waals surface area contributed by atoms with Gasteiger partial charge in [-0.2, -0.15) is 0 Å². The number of rotatable bonds is 4. The van der Waals surface area contributed by atoms with Crippen LogP contribution < -0.4 is 0 Å². The van der Waals surface area contributed by atoms with Crippen molar-refractivity contribution in [1.29, 1.82) is 0 Å². The Kier molecular flexibility index (Phi) is 3.70. The Bertz CT molecular complexity index is 617. The van der Waals surface area contributed by atoms with Gasteiger partial charge in [-0.05, 0) is 11.6 Å². The van der Waals surface area contributed by atoms with Gasteiger partial charge < -0.3 is 5.11 Å². The summed E-state index contributed by atoms with van der Waals surface area (Å²) in [6.45, 7) is -0.110. The fourth-order valence-corrected chi connectivity index (χ4v) is 1.68. The van der Waals surface area contributed by atoms with Gasteiger partial charge in [0.1, 0.15) is 5.69 Å². The Balaban J connectivity index is 2.41. The van der Waals surface area contributed by atoms with Gasteiger partial charge in [-0.15, -0.1) is 5.10 Å². The summed E-state index contributed by atoms with van der Waals surface area (Å²) in [6, 6.07) is 1.53. The number of carboxylic acids is 1. The first kappa shape index (κ1) is 13.3. The second-order valence-electron chi connectivity index (χ2n) is 3.55. The molecule has 0 saturated heterocycles. The highest BCUT2D eigenvalue weighted by Crippen LogP contribution is 2.23. The summed E-state index contributed by atoms with van der Waals surface area (Å²) in [5.74, 6) is -1.55. The minimum absolute atomic E-state index is 0.110. The molecule has 0 aliphatic rings. The Morgan fingerprint density at radius 2 is 2.26 bits per heavy atom. The topological polar surface area (TPSA) is 80.9 Å². The van der Waals surface area contributed by atoms with Crippen LogP contribution in [-0.4, -0.2) is 31.1 Å². The quantitative estimate of drug-likeness (QED) is 0.931. The molecule has 2 aromatic heterocycles. The molecule has 0 atom stereocenters. The van der Waals surface area contributed by atoms with Gasteiger partial charge in [-0.3, -0.25) is 4.98 Å². The first-order valence-corrected chi connectivity index (χ1v) is 5.41. The Hall–Kier alpha value is -2.09. The predicted molar refractivity (Wildman–Crippen MR) is 60.3 cm³/mol. The van der Waals surface area contributed by atoms with Crippen LogP contribution in [0.1, 0.15) is 28.2 Å². The fourth-order valence-electron chi connectivity index (χ4n) is 1.50. The molecule has 0 radical (unpaired) electrons. The van der Waals surface area contributed by atoms with E-state index in [1.54, 1.807) is 0 Å². The third kappa shape index (κ3) is 2.68. The second kappa shape index (κ2) is 5.27. The molecule has 1 N–H and O–H groups in total. The monoisotopic (exact) mass is 288 g/mol. The van der Waals surface area contributed by atoms with Crippen molar-refractivity contribution in [2.75, 3.05) is 0 Å². The zero-order valence-corrected chi connectivity index (χ0v) is 10.1. The first-order chi connectivity index (χ1) is 9.00. The van der Waals surface area contributed by atoms with E-state index in [9.17, 15) is 13.6 Å². The molecule has 0 amide bonds. The van der Waals surface area contributed by atoms with Crippen molar-refractivity contribution in [3.05, 3.63) is 40.4 Å². The number of carbonyl (C=O) groups is 1. The molecule has 0 spiro atoms. The van der Waals surface area contributed by atoms with Crippen molar-refractivity contribution in [2.24, 2.45) is 0 Å². The molecular weight excluding hydrogens is 282 g/mol. The molecule has 2 heterocycles. The molecule has 0 aliphatic heterocycles. The largest absolute Gasteiger partial charge is 0.476 e. The summed E-state index contributed by atoms with van der Waals surface area (Å²) in [6.07, 6.45) is -0.201. The number of halogens is 3. The van der Waals surface area contributed by atoms with Gasteiger partial charge in [0.15, 0.2) is 5.69 Å². The van der Waals surface area contributed by atoms with Gasteiger partial charge in [-0.25, -0.2) is 18.3 Å². The third-order valence-electron chi connectivity index (χ3n) is 2.36. The summed E-state index contributed by atoms with van der Waals surface area (Å²) < 4.78 is 26.6. The van der Waals surface area contributed by atoms with Crippen LogP contribution in [0.15, 0.2) is 18.5 Å². The first-order valence-electron chi connectivity index (χ1n) is 5.04. The number of pyridine rings is 1. The van der Waals surface area contributed by atoms with Crippen molar-refractivity contribution >= 4 is 17.6 Å². The van der Waals surface area contributed by atoms with E-state index < -0.39 is 23.8 Å². The van der Waals surface area contributed by atoms with Gasteiger partial charge in [0.2, 0.25) is 0 Å². The van der Waals surface area contributed by atoms with Crippen molar-refractivity contribution in [2.45, 2.75) is 13.0 Å². The second-order valence-corrected chi connectivity index (χ2v) is 3.96. The van der Waals surface area contributed by atoms with Crippen LogP contribution in [0.3, 0.4) is 0 Å². The molecule has 0 unspecified atom stereocenters. The molecule has 100 valence electrons. The molecule has 0 bridgehead atoms. The number of aromatic nitrogens is 4.